The highest BCUT2D eigenvalue weighted by atomic mass is 35.5. The zero-order valence-electron chi connectivity index (χ0n) is 12.3. The van der Waals surface area contributed by atoms with Gasteiger partial charge in [0.1, 0.15) is 5.82 Å². The van der Waals surface area contributed by atoms with Crippen LogP contribution < -0.4 is 0 Å². The molecule has 0 spiro atoms. The Balaban J connectivity index is 2.20. The van der Waals surface area contributed by atoms with E-state index >= 15 is 0 Å². The van der Waals surface area contributed by atoms with E-state index in [4.69, 9.17) is 21.1 Å². The van der Waals surface area contributed by atoms with Gasteiger partial charge in [-0.05, 0) is 41.8 Å². The van der Waals surface area contributed by atoms with E-state index in [1.807, 2.05) is 13.8 Å². The molecule has 0 amide bonds. The van der Waals surface area contributed by atoms with Crippen molar-refractivity contribution in [2.45, 2.75) is 26.1 Å². The lowest BCUT2D eigenvalue weighted by molar-refractivity contribution is -0.0449. The van der Waals surface area contributed by atoms with Gasteiger partial charge in [-0.3, -0.25) is 0 Å². The summed E-state index contributed by atoms with van der Waals surface area (Å²) in [5.41, 5.74) is 2.92. The van der Waals surface area contributed by atoms with E-state index in [-0.39, 0.29) is 17.0 Å². The van der Waals surface area contributed by atoms with Crippen molar-refractivity contribution in [3.05, 3.63) is 46.6 Å². The van der Waals surface area contributed by atoms with Crippen molar-refractivity contribution in [2.75, 3.05) is 13.2 Å². The van der Waals surface area contributed by atoms with Crippen LogP contribution in [0.25, 0.3) is 11.3 Å². The summed E-state index contributed by atoms with van der Waals surface area (Å²) in [5.74, 6) is -0.176. The van der Waals surface area contributed by atoms with E-state index in [2.05, 4.69) is 9.97 Å². The van der Waals surface area contributed by atoms with Crippen LogP contribution in [0.4, 0.5) is 4.39 Å². The summed E-state index contributed by atoms with van der Waals surface area (Å²) in [4.78, 5) is 8.67. The maximum atomic E-state index is 13.2. The lowest BCUT2D eigenvalue weighted by atomic mass is 9.98. The fourth-order valence-electron chi connectivity index (χ4n) is 2.48. The Hall–Kier alpha value is -1.56. The number of hydrogen-bond acceptors (Lipinski definition) is 4. The molecule has 22 heavy (non-hydrogen) atoms. The molecule has 1 aromatic carbocycles. The first-order chi connectivity index (χ1) is 10.6. The van der Waals surface area contributed by atoms with Gasteiger partial charge in [0.05, 0.1) is 30.2 Å². The summed E-state index contributed by atoms with van der Waals surface area (Å²) in [5, 5.41) is 0.157. The Morgan fingerprint density at radius 3 is 2.36 bits per heavy atom. The van der Waals surface area contributed by atoms with Gasteiger partial charge in [0.15, 0.2) is 6.29 Å². The van der Waals surface area contributed by atoms with E-state index < -0.39 is 6.29 Å². The quantitative estimate of drug-likeness (QED) is 0.798. The van der Waals surface area contributed by atoms with Gasteiger partial charge in [-0.1, -0.05) is 13.8 Å². The average Bonchev–Trinajstić information content (AvgIpc) is 3.01. The number of aromatic nitrogens is 2. The summed E-state index contributed by atoms with van der Waals surface area (Å²) < 4.78 is 24.5. The molecule has 0 radical (unpaired) electrons. The minimum absolute atomic E-state index is 0.127. The number of hydrogen-bond donors (Lipinski definition) is 0. The zero-order chi connectivity index (χ0) is 15.7. The molecule has 0 saturated carbocycles. The summed E-state index contributed by atoms with van der Waals surface area (Å²) in [6, 6.07) is 6.11. The molecule has 0 aliphatic carbocycles. The second-order valence-electron chi connectivity index (χ2n) is 5.38. The molecule has 1 saturated heterocycles. The largest absolute Gasteiger partial charge is 0.346 e. The number of ether oxygens (including phenoxy) is 2. The lowest BCUT2D eigenvalue weighted by Crippen LogP contribution is -2.11. The van der Waals surface area contributed by atoms with Gasteiger partial charge in [0.25, 0.3) is 0 Å². The number of benzene rings is 1. The summed E-state index contributed by atoms with van der Waals surface area (Å²) in [6.07, 6.45) is -0.519. The van der Waals surface area contributed by atoms with Gasteiger partial charge in [0, 0.05) is 5.56 Å². The fraction of sp³-hybridized carbons (Fsp3) is 0.375. The predicted octanol–water partition coefficient (Wildman–Crippen LogP) is 4.10. The molecule has 4 nitrogen and oxygen atoms in total. The molecule has 1 aliphatic rings. The van der Waals surface area contributed by atoms with Crippen LogP contribution in [-0.4, -0.2) is 23.2 Å². The molecule has 0 atom stereocenters. The van der Waals surface area contributed by atoms with Crippen LogP contribution in [0.1, 0.15) is 37.3 Å². The number of rotatable bonds is 3. The molecule has 0 unspecified atom stereocenters. The molecule has 116 valence electrons. The first-order valence-electron chi connectivity index (χ1n) is 7.12. The maximum Gasteiger partial charge on any atom is 0.223 e. The van der Waals surface area contributed by atoms with Crippen LogP contribution in [0.5, 0.6) is 0 Å². The van der Waals surface area contributed by atoms with Gasteiger partial charge in [-0.25, -0.2) is 14.4 Å². The normalized spacial score (nSPS) is 15.7. The Morgan fingerprint density at radius 2 is 1.77 bits per heavy atom. The number of halogens is 2. The molecule has 0 N–H and O–H groups in total. The second-order valence-corrected chi connectivity index (χ2v) is 5.71. The molecular formula is C16H16ClFN2O2. The Kier molecular flexibility index (Phi) is 4.38. The third-order valence-corrected chi connectivity index (χ3v) is 3.64. The average molecular weight is 323 g/mol. The second kappa shape index (κ2) is 6.28. The number of nitrogens with zero attached hydrogens (tertiary/aromatic N) is 2. The fourth-order valence-corrected chi connectivity index (χ4v) is 2.66. The highest BCUT2D eigenvalue weighted by molar-refractivity contribution is 6.28. The van der Waals surface area contributed by atoms with E-state index in [0.29, 0.717) is 18.9 Å². The van der Waals surface area contributed by atoms with Crippen molar-refractivity contribution < 1.29 is 13.9 Å². The smallest absolute Gasteiger partial charge is 0.223 e. The lowest BCUT2D eigenvalue weighted by Gasteiger charge is -2.20. The maximum absolute atomic E-state index is 13.2. The predicted molar refractivity (Wildman–Crippen MR) is 81.2 cm³/mol. The molecule has 2 aromatic rings. The minimum Gasteiger partial charge on any atom is -0.346 e. The van der Waals surface area contributed by atoms with E-state index in [1.54, 1.807) is 12.1 Å². The van der Waals surface area contributed by atoms with Crippen molar-refractivity contribution in [1.82, 2.24) is 9.97 Å². The van der Waals surface area contributed by atoms with Gasteiger partial charge < -0.3 is 9.47 Å². The Bertz CT molecular complexity index is 671. The monoisotopic (exact) mass is 322 g/mol. The summed E-state index contributed by atoms with van der Waals surface area (Å²) in [7, 11) is 0. The molecule has 1 aliphatic heterocycles. The van der Waals surface area contributed by atoms with Crippen LogP contribution in [0, 0.1) is 5.82 Å². The van der Waals surface area contributed by atoms with Crippen LogP contribution in [-0.2, 0) is 9.47 Å². The zero-order valence-corrected chi connectivity index (χ0v) is 13.1. The summed E-state index contributed by atoms with van der Waals surface area (Å²) >= 11 is 6.08. The van der Waals surface area contributed by atoms with Crippen LogP contribution in [0.3, 0.4) is 0 Å². The molecule has 3 rings (SSSR count). The third-order valence-electron chi connectivity index (χ3n) is 3.47. The van der Waals surface area contributed by atoms with Crippen molar-refractivity contribution in [2.24, 2.45) is 0 Å². The van der Waals surface area contributed by atoms with Gasteiger partial charge in [-0.15, -0.1) is 0 Å². The van der Waals surface area contributed by atoms with Crippen molar-refractivity contribution in [3.63, 3.8) is 0 Å². The van der Waals surface area contributed by atoms with E-state index in [1.165, 1.54) is 12.1 Å². The molecular weight excluding hydrogens is 307 g/mol. The highest BCUT2D eigenvalue weighted by Crippen LogP contribution is 2.37. The van der Waals surface area contributed by atoms with Gasteiger partial charge in [-0.2, -0.15) is 0 Å². The molecule has 2 heterocycles. The highest BCUT2D eigenvalue weighted by Gasteiger charge is 2.28. The SMILES string of the molecule is CC(C)c1nc(Cl)nc(-c2ccc(F)cc2)c1C1OCCO1. The van der Waals surface area contributed by atoms with Crippen molar-refractivity contribution in [3.8, 4) is 11.3 Å². The van der Waals surface area contributed by atoms with Crippen LogP contribution in [0.15, 0.2) is 24.3 Å². The van der Waals surface area contributed by atoms with Crippen LogP contribution in [0.2, 0.25) is 5.28 Å². The minimum atomic E-state index is -0.519. The first kappa shape index (κ1) is 15.3. The summed E-state index contributed by atoms with van der Waals surface area (Å²) in [6.45, 7) is 5.08. The van der Waals surface area contributed by atoms with Crippen LogP contribution >= 0.6 is 11.6 Å². The molecule has 1 aromatic heterocycles. The molecule has 0 bridgehead atoms. The molecule has 6 heteroatoms. The first-order valence-corrected chi connectivity index (χ1v) is 7.50. The Morgan fingerprint density at radius 1 is 1.14 bits per heavy atom. The Labute approximate surface area is 133 Å². The van der Waals surface area contributed by atoms with Crippen molar-refractivity contribution >= 4 is 11.6 Å². The van der Waals surface area contributed by atoms with Crippen molar-refractivity contribution in [1.29, 1.82) is 0 Å². The van der Waals surface area contributed by atoms with E-state index in [0.717, 1.165) is 16.8 Å². The standard InChI is InChI=1S/C16H16ClFN2O2/c1-9(2)13-12(15-21-7-8-22-15)14(20-16(17)19-13)10-3-5-11(18)6-4-10/h3-6,9,15H,7-8H2,1-2H3. The van der Waals surface area contributed by atoms with E-state index in [9.17, 15) is 4.39 Å². The topological polar surface area (TPSA) is 44.2 Å². The third kappa shape index (κ3) is 2.97. The van der Waals surface area contributed by atoms with Gasteiger partial charge >= 0.3 is 0 Å². The van der Waals surface area contributed by atoms with Gasteiger partial charge in [0.2, 0.25) is 5.28 Å². The molecule has 1 fully saturated rings.